The molecular weight excluding hydrogens is 443 g/mol. The van der Waals surface area contributed by atoms with E-state index in [0.717, 1.165) is 22.4 Å². The molecule has 0 aliphatic carbocycles. The second kappa shape index (κ2) is 9.26. The summed E-state index contributed by atoms with van der Waals surface area (Å²) >= 11 is 0. The Bertz CT molecular complexity index is 1110. The number of nitrogens with zero attached hydrogens (tertiary/aromatic N) is 2. The number of hydrogen-bond acceptors (Lipinski definition) is 3. The second-order valence-electron chi connectivity index (χ2n) is 7.47. The Morgan fingerprint density at radius 2 is 1.75 bits per heavy atom. The number of carbonyl (C=O) groups is 1. The van der Waals surface area contributed by atoms with Crippen LogP contribution in [0.3, 0.4) is 0 Å². The van der Waals surface area contributed by atoms with Crippen molar-refractivity contribution in [3.05, 3.63) is 65.9 Å². The minimum absolute atomic E-state index is 0. The lowest BCUT2D eigenvalue weighted by Crippen LogP contribution is -2.42. The summed E-state index contributed by atoms with van der Waals surface area (Å²) in [4.78, 5) is 14.7. The predicted molar refractivity (Wildman–Crippen MR) is 119 cm³/mol. The zero-order chi connectivity index (χ0) is 22.2. The number of alkyl halides is 3. The van der Waals surface area contributed by atoms with Gasteiger partial charge in [-0.3, -0.25) is 4.79 Å². The fourth-order valence-electron chi connectivity index (χ4n) is 3.97. The Hall–Kier alpha value is -2.97. The van der Waals surface area contributed by atoms with Crippen LogP contribution in [-0.2, 0) is 6.54 Å². The van der Waals surface area contributed by atoms with Gasteiger partial charge in [0.1, 0.15) is 11.4 Å². The van der Waals surface area contributed by atoms with Crippen LogP contribution in [0, 0.1) is 6.92 Å². The molecule has 0 unspecified atom stereocenters. The lowest BCUT2D eigenvalue weighted by molar-refractivity contribution is -0.274. The highest BCUT2D eigenvalue weighted by Gasteiger charge is 2.32. The van der Waals surface area contributed by atoms with E-state index in [2.05, 4.69) is 4.74 Å². The third-order valence-electron chi connectivity index (χ3n) is 5.29. The number of carbonyl (C=O) groups excluding carboxylic acids is 1. The zero-order valence-electron chi connectivity index (χ0n) is 17.4. The van der Waals surface area contributed by atoms with Crippen molar-refractivity contribution >= 4 is 18.3 Å². The van der Waals surface area contributed by atoms with Gasteiger partial charge < -0.3 is 19.9 Å². The van der Waals surface area contributed by atoms with Crippen molar-refractivity contribution in [3.8, 4) is 28.1 Å². The van der Waals surface area contributed by atoms with Gasteiger partial charge in [0, 0.05) is 31.7 Å². The quantitative estimate of drug-likeness (QED) is 0.585. The molecule has 0 bridgehead atoms. The normalized spacial score (nSPS) is 13.5. The van der Waals surface area contributed by atoms with Crippen LogP contribution in [-0.4, -0.2) is 41.4 Å². The van der Waals surface area contributed by atoms with Crippen molar-refractivity contribution in [1.82, 2.24) is 9.47 Å². The molecule has 1 aromatic heterocycles. The number of hydrogen-bond donors (Lipinski definition) is 1. The summed E-state index contributed by atoms with van der Waals surface area (Å²) in [7, 11) is 0. The number of nitrogens with two attached hydrogens (primary N) is 1. The molecule has 1 aliphatic heterocycles. The number of fused-ring (bicyclic) bond motifs is 1. The van der Waals surface area contributed by atoms with Crippen LogP contribution in [0.1, 0.15) is 16.1 Å². The van der Waals surface area contributed by atoms with E-state index in [4.69, 9.17) is 5.73 Å². The molecule has 9 heteroatoms. The molecule has 4 rings (SSSR count). The first-order chi connectivity index (χ1) is 14.8. The Labute approximate surface area is 190 Å². The van der Waals surface area contributed by atoms with E-state index in [-0.39, 0.29) is 24.1 Å². The van der Waals surface area contributed by atoms with Crippen LogP contribution in [0.5, 0.6) is 5.75 Å². The number of benzene rings is 2. The van der Waals surface area contributed by atoms with E-state index in [1.807, 2.05) is 41.8 Å². The summed E-state index contributed by atoms with van der Waals surface area (Å²) in [6.07, 6.45) is -4.75. The summed E-state index contributed by atoms with van der Waals surface area (Å²) in [6.45, 7) is 4.00. The van der Waals surface area contributed by atoms with Crippen molar-refractivity contribution in [2.24, 2.45) is 5.73 Å². The van der Waals surface area contributed by atoms with E-state index >= 15 is 0 Å². The fourth-order valence-corrected chi connectivity index (χ4v) is 3.97. The van der Waals surface area contributed by atoms with Crippen LogP contribution in [0.4, 0.5) is 13.2 Å². The van der Waals surface area contributed by atoms with Crippen molar-refractivity contribution in [2.45, 2.75) is 19.8 Å². The highest BCUT2D eigenvalue weighted by atomic mass is 35.5. The molecular formula is C23H23ClF3N3O2. The van der Waals surface area contributed by atoms with Gasteiger partial charge >= 0.3 is 6.36 Å². The summed E-state index contributed by atoms with van der Waals surface area (Å²) in [6, 6.07) is 15.4. The number of halogens is 4. The molecule has 5 nitrogen and oxygen atoms in total. The van der Waals surface area contributed by atoms with Crippen LogP contribution in [0.25, 0.3) is 22.4 Å². The van der Waals surface area contributed by atoms with Crippen molar-refractivity contribution in [1.29, 1.82) is 0 Å². The maximum atomic E-state index is 13.0. The topological polar surface area (TPSA) is 60.5 Å². The molecule has 0 spiro atoms. The van der Waals surface area contributed by atoms with E-state index in [0.29, 0.717) is 37.4 Å². The molecule has 1 aliphatic rings. The van der Waals surface area contributed by atoms with Crippen molar-refractivity contribution in [3.63, 3.8) is 0 Å². The van der Waals surface area contributed by atoms with Crippen molar-refractivity contribution < 1.29 is 22.7 Å². The molecule has 170 valence electrons. The molecule has 2 N–H and O–H groups in total. The first kappa shape index (κ1) is 23.7. The number of aryl methyl sites for hydroxylation is 1. The number of ether oxygens (including phenoxy) is 1. The number of aromatic nitrogens is 1. The molecule has 2 heterocycles. The maximum Gasteiger partial charge on any atom is 0.573 e. The number of amides is 1. The summed E-state index contributed by atoms with van der Waals surface area (Å²) < 4.78 is 43.5. The monoisotopic (exact) mass is 465 g/mol. The highest BCUT2D eigenvalue weighted by molar-refractivity contribution is 5.98. The SMILES string of the molecule is Cc1cccc(-c2c(-c3ccc(OC(F)(F)F)cc3)cc3n2CCN(CCN)C3=O)c1.Cl. The zero-order valence-corrected chi connectivity index (χ0v) is 18.2. The van der Waals surface area contributed by atoms with Crippen LogP contribution >= 0.6 is 12.4 Å². The lowest BCUT2D eigenvalue weighted by Gasteiger charge is -2.29. The molecule has 3 aromatic rings. The molecule has 2 aromatic carbocycles. The highest BCUT2D eigenvalue weighted by Crippen LogP contribution is 2.38. The average Bonchev–Trinajstić information content (AvgIpc) is 3.10. The fraction of sp³-hybridized carbons (Fsp3) is 0.261. The Kier molecular flexibility index (Phi) is 6.85. The minimum atomic E-state index is -4.75. The van der Waals surface area contributed by atoms with Crippen LogP contribution < -0.4 is 10.5 Å². The smallest absolute Gasteiger partial charge is 0.406 e. The summed E-state index contributed by atoms with van der Waals surface area (Å²) in [5.74, 6) is -0.392. The Morgan fingerprint density at radius 1 is 1.03 bits per heavy atom. The summed E-state index contributed by atoms with van der Waals surface area (Å²) in [5, 5.41) is 0. The summed E-state index contributed by atoms with van der Waals surface area (Å²) in [5.41, 5.74) is 10.5. The Morgan fingerprint density at radius 3 is 2.38 bits per heavy atom. The lowest BCUT2D eigenvalue weighted by atomic mass is 10.00. The third-order valence-corrected chi connectivity index (χ3v) is 5.29. The predicted octanol–water partition coefficient (Wildman–Crippen LogP) is 4.87. The standard InChI is InChI=1S/C23H22F3N3O2.ClH/c1-15-3-2-4-17(13-15)21-19(16-5-7-18(8-6-16)31-23(24,25)26)14-20-22(30)28(10-9-27)11-12-29(20)21;/h2-8,13-14H,9-12,27H2,1H3;1H. The number of rotatable bonds is 5. The molecule has 0 atom stereocenters. The molecule has 0 radical (unpaired) electrons. The molecule has 1 amide bonds. The Balaban J connectivity index is 0.00000289. The minimum Gasteiger partial charge on any atom is -0.406 e. The first-order valence-electron chi connectivity index (χ1n) is 9.93. The van der Waals surface area contributed by atoms with Crippen LogP contribution in [0.15, 0.2) is 54.6 Å². The van der Waals surface area contributed by atoms with Gasteiger partial charge in [0.25, 0.3) is 5.91 Å². The van der Waals surface area contributed by atoms with Gasteiger partial charge in [-0.2, -0.15) is 0 Å². The maximum absolute atomic E-state index is 13.0. The van der Waals surface area contributed by atoms with Gasteiger partial charge in [-0.25, -0.2) is 0 Å². The molecule has 0 saturated carbocycles. The molecule has 0 fully saturated rings. The van der Waals surface area contributed by atoms with E-state index in [1.54, 1.807) is 17.0 Å². The molecule has 32 heavy (non-hydrogen) atoms. The van der Waals surface area contributed by atoms with Crippen molar-refractivity contribution in [2.75, 3.05) is 19.6 Å². The van der Waals surface area contributed by atoms with E-state index in [1.165, 1.54) is 12.1 Å². The van der Waals surface area contributed by atoms with Gasteiger partial charge in [-0.15, -0.1) is 25.6 Å². The second-order valence-corrected chi connectivity index (χ2v) is 7.47. The molecule has 0 saturated heterocycles. The first-order valence-corrected chi connectivity index (χ1v) is 9.93. The largest absolute Gasteiger partial charge is 0.573 e. The van der Waals surface area contributed by atoms with Gasteiger partial charge in [-0.1, -0.05) is 35.9 Å². The third kappa shape index (κ3) is 4.76. The average molecular weight is 466 g/mol. The van der Waals surface area contributed by atoms with Gasteiger partial charge in [-0.05, 0) is 42.3 Å². The van der Waals surface area contributed by atoms with E-state index < -0.39 is 6.36 Å². The van der Waals surface area contributed by atoms with Crippen LogP contribution in [0.2, 0.25) is 0 Å². The van der Waals surface area contributed by atoms with Gasteiger partial charge in [0.2, 0.25) is 0 Å². The van der Waals surface area contributed by atoms with Gasteiger partial charge in [0.05, 0.1) is 5.69 Å². The van der Waals surface area contributed by atoms with E-state index in [9.17, 15) is 18.0 Å². The van der Waals surface area contributed by atoms with Gasteiger partial charge in [0.15, 0.2) is 0 Å².